The highest BCUT2D eigenvalue weighted by molar-refractivity contribution is 9.10. The Balaban J connectivity index is 2.18. The predicted octanol–water partition coefficient (Wildman–Crippen LogP) is 5.95. The highest BCUT2D eigenvalue weighted by Crippen LogP contribution is 2.26. The monoisotopic (exact) mass is 381 g/mol. The molecule has 1 atom stereocenters. The highest BCUT2D eigenvalue weighted by atomic mass is 79.9. The molecule has 1 unspecified atom stereocenters. The summed E-state index contributed by atoms with van der Waals surface area (Å²) < 4.78 is 2.24. The number of halogens is 2. The second-order valence-electron chi connectivity index (χ2n) is 4.57. The van der Waals surface area contributed by atoms with Gasteiger partial charge in [0.1, 0.15) is 0 Å². The van der Waals surface area contributed by atoms with Crippen LogP contribution in [0.4, 0.5) is 5.69 Å². The van der Waals surface area contributed by atoms with Crippen molar-refractivity contribution in [1.29, 1.82) is 0 Å². The quantitative estimate of drug-likeness (QED) is 0.689. The summed E-state index contributed by atoms with van der Waals surface area (Å²) in [5, 5.41) is 3.59. The van der Waals surface area contributed by atoms with Crippen molar-refractivity contribution in [3.8, 4) is 0 Å². The van der Waals surface area contributed by atoms with E-state index in [1.54, 1.807) is 0 Å². The van der Waals surface area contributed by atoms with Crippen LogP contribution in [0.1, 0.15) is 31.0 Å². The molecule has 0 saturated carbocycles. The number of benzene rings is 2. The Morgan fingerprint density at radius 3 is 2.26 bits per heavy atom. The molecule has 1 N–H and O–H groups in total. The third-order valence-electron chi connectivity index (χ3n) is 3.19. The zero-order valence-electron chi connectivity index (χ0n) is 11.1. The van der Waals surface area contributed by atoms with Crippen molar-refractivity contribution < 1.29 is 0 Å². The summed E-state index contributed by atoms with van der Waals surface area (Å²) in [5.74, 6) is 0. The topological polar surface area (TPSA) is 12.0 Å². The minimum Gasteiger partial charge on any atom is -0.378 e. The molecule has 0 amide bonds. The molecule has 0 bridgehead atoms. The summed E-state index contributed by atoms with van der Waals surface area (Å²) in [4.78, 5) is 0. The lowest BCUT2D eigenvalue weighted by atomic mass is 10.1. The van der Waals surface area contributed by atoms with Crippen molar-refractivity contribution in [2.45, 2.75) is 26.3 Å². The largest absolute Gasteiger partial charge is 0.378 e. The van der Waals surface area contributed by atoms with Gasteiger partial charge in [-0.05, 0) is 54.8 Å². The van der Waals surface area contributed by atoms with Gasteiger partial charge in [-0.3, -0.25) is 0 Å². The molecule has 0 spiro atoms. The highest BCUT2D eigenvalue weighted by Gasteiger charge is 2.08. The zero-order valence-corrected chi connectivity index (χ0v) is 14.3. The number of nitrogens with one attached hydrogen (secondary N) is 1. The van der Waals surface area contributed by atoms with Crippen molar-refractivity contribution >= 4 is 37.5 Å². The van der Waals surface area contributed by atoms with E-state index >= 15 is 0 Å². The van der Waals surface area contributed by atoms with Crippen LogP contribution in [0.25, 0.3) is 0 Å². The zero-order chi connectivity index (χ0) is 13.8. The molecular formula is C16H17Br2N. The van der Waals surface area contributed by atoms with E-state index < -0.39 is 0 Å². The van der Waals surface area contributed by atoms with Crippen LogP contribution in [0, 0.1) is 0 Å². The van der Waals surface area contributed by atoms with Gasteiger partial charge in [0.05, 0.1) is 0 Å². The van der Waals surface area contributed by atoms with Gasteiger partial charge in [0.15, 0.2) is 0 Å². The Labute approximate surface area is 131 Å². The molecule has 0 radical (unpaired) electrons. The van der Waals surface area contributed by atoms with Crippen LogP contribution >= 0.6 is 31.9 Å². The Morgan fingerprint density at radius 2 is 1.63 bits per heavy atom. The number of aryl methyl sites for hydroxylation is 1. The molecule has 3 heteroatoms. The minimum atomic E-state index is 0.291. The Morgan fingerprint density at radius 1 is 1.00 bits per heavy atom. The van der Waals surface area contributed by atoms with Crippen LogP contribution in [-0.2, 0) is 6.42 Å². The second kappa shape index (κ2) is 6.58. The van der Waals surface area contributed by atoms with Crippen LogP contribution in [0.5, 0.6) is 0 Å². The van der Waals surface area contributed by atoms with E-state index in [4.69, 9.17) is 0 Å². The van der Waals surface area contributed by atoms with Crippen molar-refractivity contribution in [3.63, 3.8) is 0 Å². The van der Waals surface area contributed by atoms with Crippen LogP contribution in [0.3, 0.4) is 0 Å². The van der Waals surface area contributed by atoms with Crippen molar-refractivity contribution in [3.05, 3.63) is 62.5 Å². The third kappa shape index (κ3) is 3.83. The summed E-state index contributed by atoms with van der Waals surface area (Å²) >= 11 is 6.99. The predicted molar refractivity (Wildman–Crippen MR) is 89.7 cm³/mol. The molecule has 0 aliphatic heterocycles. The first-order chi connectivity index (χ1) is 9.10. The Bertz CT molecular complexity index is 549. The number of hydrogen-bond donors (Lipinski definition) is 1. The SMILES string of the molecule is CCc1cc(Br)ccc1NC(C)c1ccc(Br)cc1. The van der Waals surface area contributed by atoms with Crippen LogP contribution in [0.15, 0.2) is 51.4 Å². The maximum Gasteiger partial charge on any atom is 0.0485 e. The minimum absolute atomic E-state index is 0.291. The smallest absolute Gasteiger partial charge is 0.0485 e. The van der Waals surface area contributed by atoms with Gasteiger partial charge in [-0.15, -0.1) is 0 Å². The number of anilines is 1. The molecule has 0 aliphatic rings. The van der Waals surface area contributed by atoms with Gasteiger partial charge in [0.25, 0.3) is 0 Å². The summed E-state index contributed by atoms with van der Waals surface area (Å²) in [6.45, 7) is 4.36. The summed E-state index contributed by atoms with van der Waals surface area (Å²) in [6, 6.07) is 15.1. The molecule has 0 aromatic heterocycles. The molecule has 0 heterocycles. The fourth-order valence-corrected chi connectivity index (χ4v) is 2.74. The standard InChI is InChI=1S/C16H17Br2N/c1-3-12-10-15(18)8-9-16(12)19-11(2)13-4-6-14(17)7-5-13/h4-11,19H,3H2,1-2H3. The molecule has 0 aliphatic carbocycles. The maximum atomic E-state index is 3.59. The van der Waals surface area contributed by atoms with Crippen molar-refractivity contribution in [2.75, 3.05) is 5.32 Å². The molecule has 100 valence electrons. The van der Waals surface area contributed by atoms with E-state index in [-0.39, 0.29) is 0 Å². The fraction of sp³-hybridized carbons (Fsp3) is 0.250. The molecule has 2 aromatic carbocycles. The first-order valence-corrected chi connectivity index (χ1v) is 7.99. The number of rotatable bonds is 4. The first-order valence-electron chi connectivity index (χ1n) is 6.40. The van der Waals surface area contributed by atoms with Gasteiger partial charge in [-0.25, -0.2) is 0 Å². The first kappa shape index (κ1) is 14.6. The van der Waals surface area contributed by atoms with Crippen LogP contribution < -0.4 is 5.32 Å². The van der Waals surface area contributed by atoms with Crippen LogP contribution in [-0.4, -0.2) is 0 Å². The van der Waals surface area contributed by atoms with Gasteiger partial charge in [-0.1, -0.05) is 50.9 Å². The lowest BCUT2D eigenvalue weighted by Gasteiger charge is -2.18. The fourth-order valence-electron chi connectivity index (χ4n) is 2.06. The normalized spacial score (nSPS) is 12.2. The second-order valence-corrected chi connectivity index (χ2v) is 6.40. The average molecular weight is 383 g/mol. The summed E-state index contributed by atoms with van der Waals surface area (Å²) in [6.07, 6.45) is 1.02. The average Bonchev–Trinajstić information content (AvgIpc) is 2.41. The van der Waals surface area contributed by atoms with Crippen molar-refractivity contribution in [2.24, 2.45) is 0 Å². The molecule has 2 rings (SSSR count). The van der Waals surface area contributed by atoms with E-state index in [1.807, 2.05) is 0 Å². The lowest BCUT2D eigenvalue weighted by molar-refractivity contribution is 0.879. The van der Waals surface area contributed by atoms with E-state index in [1.165, 1.54) is 16.8 Å². The molecule has 1 nitrogen and oxygen atoms in total. The van der Waals surface area contributed by atoms with Gasteiger partial charge in [0.2, 0.25) is 0 Å². The van der Waals surface area contributed by atoms with Gasteiger partial charge in [0, 0.05) is 20.7 Å². The van der Waals surface area contributed by atoms with Crippen molar-refractivity contribution in [1.82, 2.24) is 0 Å². The van der Waals surface area contributed by atoms with E-state index in [0.717, 1.165) is 15.4 Å². The molecule has 19 heavy (non-hydrogen) atoms. The van der Waals surface area contributed by atoms with Crippen LogP contribution in [0.2, 0.25) is 0 Å². The Hall–Kier alpha value is -0.800. The molecule has 2 aromatic rings. The van der Waals surface area contributed by atoms with E-state index in [2.05, 4.69) is 93.5 Å². The number of hydrogen-bond acceptors (Lipinski definition) is 1. The summed E-state index contributed by atoms with van der Waals surface area (Å²) in [7, 11) is 0. The van der Waals surface area contributed by atoms with Gasteiger partial charge < -0.3 is 5.32 Å². The van der Waals surface area contributed by atoms with E-state index in [0.29, 0.717) is 6.04 Å². The summed E-state index contributed by atoms with van der Waals surface area (Å²) in [5.41, 5.74) is 3.83. The van der Waals surface area contributed by atoms with E-state index in [9.17, 15) is 0 Å². The lowest BCUT2D eigenvalue weighted by Crippen LogP contribution is -2.08. The van der Waals surface area contributed by atoms with Gasteiger partial charge >= 0.3 is 0 Å². The molecule has 0 fully saturated rings. The third-order valence-corrected chi connectivity index (χ3v) is 4.21. The Kier molecular flexibility index (Phi) is 5.06. The maximum absolute atomic E-state index is 3.59. The molecule has 0 saturated heterocycles. The van der Waals surface area contributed by atoms with Gasteiger partial charge in [-0.2, -0.15) is 0 Å². The molecular weight excluding hydrogens is 366 g/mol.